The highest BCUT2D eigenvalue weighted by Gasteiger charge is 2.08. The van der Waals surface area contributed by atoms with Gasteiger partial charge in [-0.3, -0.25) is 0 Å². The number of hydrogen-bond acceptors (Lipinski definition) is 5. The molecule has 0 unspecified atom stereocenters. The van der Waals surface area contributed by atoms with E-state index in [1.54, 1.807) is 0 Å². The van der Waals surface area contributed by atoms with Crippen molar-refractivity contribution in [1.82, 2.24) is 14.9 Å². The Morgan fingerprint density at radius 2 is 1.80 bits per heavy atom. The fraction of sp³-hybridized carbons (Fsp3) is 0.111. The average molecular weight is 204 g/mol. The average Bonchev–Trinajstić information content (AvgIpc) is 2.60. The van der Waals surface area contributed by atoms with E-state index in [9.17, 15) is 0 Å². The van der Waals surface area contributed by atoms with Crippen molar-refractivity contribution in [2.45, 2.75) is 6.54 Å². The molecule has 1 heterocycles. The Morgan fingerprint density at radius 1 is 1.13 bits per heavy atom. The topological polar surface area (TPSA) is 109 Å². The zero-order valence-electron chi connectivity index (χ0n) is 8.09. The lowest BCUT2D eigenvalue weighted by molar-refractivity contribution is 1.02. The molecule has 78 valence electrons. The van der Waals surface area contributed by atoms with Crippen LogP contribution in [0.2, 0.25) is 0 Å². The first-order chi connectivity index (χ1) is 7.22. The molecule has 6 heteroatoms. The minimum atomic E-state index is 0.188. The predicted octanol–water partition coefficient (Wildman–Crippen LogP) is -0.300. The molecular weight excluding hydrogens is 192 g/mol. The number of nitrogens with two attached hydrogens (primary N) is 3. The highest BCUT2D eigenvalue weighted by molar-refractivity contribution is 5.57. The summed E-state index contributed by atoms with van der Waals surface area (Å²) in [6.07, 6.45) is 0. The van der Waals surface area contributed by atoms with Crippen LogP contribution in [0.4, 0.5) is 5.95 Å². The highest BCUT2D eigenvalue weighted by Crippen LogP contribution is 2.17. The Balaban J connectivity index is 2.41. The van der Waals surface area contributed by atoms with Crippen LogP contribution in [0, 0.1) is 0 Å². The van der Waals surface area contributed by atoms with E-state index in [2.05, 4.69) is 10.2 Å². The molecule has 0 aliphatic heterocycles. The predicted molar refractivity (Wildman–Crippen MR) is 57.9 cm³/mol. The molecule has 0 bridgehead atoms. The molecule has 0 atom stereocenters. The van der Waals surface area contributed by atoms with Gasteiger partial charge in [-0.2, -0.15) is 0 Å². The lowest BCUT2D eigenvalue weighted by Gasteiger charge is -2.02. The summed E-state index contributed by atoms with van der Waals surface area (Å²) in [5.41, 5.74) is 12.9. The van der Waals surface area contributed by atoms with Crippen molar-refractivity contribution in [3.05, 3.63) is 29.8 Å². The van der Waals surface area contributed by atoms with Crippen LogP contribution in [0.3, 0.4) is 0 Å². The summed E-state index contributed by atoms with van der Waals surface area (Å²) in [6.45, 7) is 0.512. The van der Waals surface area contributed by atoms with Crippen LogP contribution in [0.5, 0.6) is 0 Å². The lowest BCUT2D eigenvalue weighted by atomic mass is 10.1. The number of anilines is 1. The summed E-state index contributed by atoms with van der Waals surface area (Å²) in [4.78, 5) is 0. The van der Waals surface area contributed by atoms with Gasteiger partial charge in [0.2, 0.25) is 5.95 Å². The molecule has 0 saturated carbocycles. The Hall–Kier alpha value is -2.08. The van der Waals surface area contributed by atoms with E-state index >= 15 is 0 Å². The van der Waals surface area contributed by atoms with Gasteiger partial charge < -0.3 is 17.3 Å². The van der Waals surface area contributed by atoms with Gasteiger partial charge in [0.05, 0.1) is 0 Å². The van der Waals surface area contributed by atoms with Crippen molar-refractivity contribution in [3.8, 4) is 11.4 Å². The molecular formula is C9H12N6. The van der Waals surface area contributed by atoms with E-state index < -0.39 is 0 Å². The van der Waals surface area contributed by atoms with Crippen LogP contribution in [0.25, 0.3) is 11.4 Å². The molecule has 0 spiro atoms. The van der Waals surface area contributed by atoms with Crippen LogP contribution >= 0.6 is 0 Å². The number of hydrogen-bond donors (Lipinski definition) is 3. The molecule has 6 nitrogen and oxygen atoms in total. The second-order valence-electron chi connectivity index (χ2n) is 3.15. The standard InChI is InChI=1S/C9H12N6/c10-5-6-1-3-7(4-2-6)8-13-14-9(11)15(8)12/h1-4H,5,10,12H2,(H2,11,14). The van der Waals surface area contributed by atoms with E-state index in [-0.39, 0.29) is 5.95 Å². The molecule has 0 aliphatic rings. The Kier molecular flexibility index (Phi) is 2.26. The fourth-order valence-corrected chi connectivity index (χ4v) is 1.29. The quantitative estimate of drug-likeness (QED) is 0.582. The summed E-state index contributed by atoms with van der Waals surface area (Å²) >= 11 is 0. The Morgan fingerprint density at radius 3 is 2.27 bits per heavy atom. The summed E-state index contributed by atoms with van der Waals surface area (Å²) in [5.74, 6) is 6.37. The van der Waals surface area contributed by atoms with Crippen molar-refractivity contribution < 1.29 is 0 Å². The number of aromatic nitrogens is 3. The van der Waals surface area contributed by atoms with Crippen molar-refractivity contribution in [1.29, 1.82) is 0 Å². The summed E-state index contributed by atoms with van der Waals surface area (Å²) in [6, 6.07) is 7.60. The first-order valence-corrected chi connectivity index (χ1v) is 4.47. The zero-order valence-corrected chi connectivity index (χ0v) is 8.09. The van der Waals surface area contributed by atoms with Gasteiger partial charge in [-0.1, -0.05) is 24.3 Å². The first-order valence-electron chi connectivity index (χ1n) is 4.47. The highest BCUT2D eigenvalue weighted by atomic mass is 15.4. The fourth-order valence-electron chi connectivity index (χ4n) is 1.29. The van der Waals surface area contributed by atoms with Crippen LogP contribution < -0.4 is 17.3 Å². The third-order valence-electron chi connectivity index (χ3n) is 2.17. The minimum absolute atomic E-state index is 0.188. The number of nitrogen functional groups attached to an aromatic ring is 2. The van der Waals surface area contributed by atoms with Crippen molar-refractivity contribution in [2.24, 2.45) is 5.73 Å². The van der Waals surface area contributed by atoms with E-state index in [4.69, 9.17) is 17.3 Å². The monoisotopic (exact) mass is 204 g/mol. The van der Waals surface area contributed by atoms with Crippen LogP contribution in [-0.4, -0.2) is 14.9 Å². The molecule has 0 aliphatic carbocycles. The Bertz CT molecular complexity index is 458. The number of benzene rings is 1. The Labute approximate surface area is 86.7 Å². The smallest absolute Gasteiger partial charge is 0.241 e. The number of rotatable bonds is 2. The third-order valence-corrected chi connectivity index (χ3v) is 2.17. The van der Waals surface area contributed by atoms with Crippen molar-refractivity contribution in [3.63, 3.8) is 0 Å². The summed E-state index contributed by atoms with van der Waals surface area (Å²) in [7, 11) is 0. The van der Waals surface area contributed by atoms with E-state index in [0.29, 0.717) is 12.4 Å². The van der Waals surface area contributed by atoms with Gasteiger partial charge in [0, 0.05) is 12.1 Å². The molecule has 15 heavy (non-hydrogen) atoms. The molecule has 0 amide bonds. The summed E-state index contributed by atoms with van der Waals surface area (Å²) in [5, 5.41) is 7.55. The van der Waals surface area contributed by atoms with Gasteiger partial charge in [0.25, 0.3) is 0 Å². The largest absolute Gasteiger partial charge is 0.366 e. The minimum Gasteiger partial charge on any atom is -0.366 e. The summed E-state index contributed by atoms with van der Waals surface area (Å²) < 4.78 is 1.25. The first kappa shape index (κ1) is 9.47. The van der Waals surface area contributed by atoms with Gasteiger partial charge in [0.1, 0.15) is 0 Å². The third kappa shape index (κ3) is 1.62. The second kappa shape index (κ2) is 3.58. The van der Waals surface area contributed by atoms with Crippen LogP contribution in [0.1, 0.15) is 5.56 Å². The van der Waals surface area contributed by atoms with Gasteiger partial charge >= 0.3 is 0 Å². The molecule has 2 rings (SSSR count). The maximum atomic E-state index is 5.65. The van der Waals surface area contributed by atoms with Crippen molar-refractivity contribution >= 4 is 5.95 Å². The number of nitrogens with zero attached hydrogens (tertiary/aromatic N) is 3. The maximum absolute atomic E-state index is 5.65. The molecule has 1 aromatic heterocycles. The van der Waals surface area contributed by atoms with Gasteiger partial charge in [0.15, 0.2) is 5.82 Å². The zero-order chi connectivity index (χ0) is 10.8. The maximum Gasteiger partial charge on any atom is 0.241 e. The van der Waals surface area contributed by atoms with Crippen LogP contribution in [0.15, 0.2) is 24.3 Å². The van der Waals surface area contributed by atoms with E-state index in [1.165, 1.54) is 4.68 Å². The van der Waals surface area contributed by atoms with E-state index in [1.807, 2.05) is 24.3 Å². The van der Waals surface area contributed by atoms with Gasteiger partial charge in [-0.15, -0.1) is 10.2 Å². The molecule has 0 radical (unpaired) electrons. The van der Waals surface area contributed by atoms with E-state index in [0.717, 1.165) is 11.1 Å². The molecule has 2 aromatic rings. The SMILES string of the molecule is NCc1ccc(-c2nnc(N)n2N)cc1. The lowest BCUT2D eigenvalue weighted by Crippen LogP contribution is -2.13. The molecule has 1 aromatic carbocycles. The molecule has 0 fully saturated rings. The molecule has 6 N–H and O–H groups in total. The molecule has 0 saturated heterocycles. The second-order valence-corrected chi connectivity index (χ2v) is 3.15. The van der Waals surface area contributed by atoms with Crippen molar-refractivity contribution in [2.75, 3.05) is 11.6 Å². The van der Waals surface area contributed by atoms with Gasteiger partial charge in [-0.05, 0) is 5.56 Å². The normalized spacial score (nSPS) is 10.5. The van der Waals surface area contributed by atoms with Crippen LogP contribution in [-0.2, 0) is 6.54 Å². The van der Waals surface area contributed by atoms with Gasteiger partial charge in [-0.25, -0.2) is 4.68 Å².